The predicted molar refractivity (Wildman–Crippen MR) is 60.0 cm³/mol. The van der Waals surface area contributed by atoms with Gasteiger partial charge in [-0.2, -0.15) is 0 Å². The number of carbonyl (C=O) groups excluding carboxylic acids is 2. The van der Waals surface area contributed by atoms with E-state index in [9.17, 15) is 9.59 Å². The van der Waals surface area contributed by atoms with E-state index in [4.69, 9.17) is 4.74 Å². The molecule has 0 rings (SSSR count). The Balaban J connectivity index is 4.52. The van der Waals surface area contributed by atoms with Crippen molar-refractivity contribution in [1.29, 1.82) is 0 Å². The standard InChI is InChI=1S/C11H21NO4/c1-6-16-11(14)9(4)12(8(2)3)7-10(13)15-5/h8-9H,6-7H2,1-5H3. The monoisotopic (exact) mass is 231 g/mol. The van der Waals surface area contributed by atoms with E-state index in [1.54, 1.807) is 18.7 Å². The van der Waals surface area contributed by atoms with Gasteiger partial charge < -0.3 is 9.47 Å². The number of methoxy groups -OCH3 is 1. The van der Waals surface area contributed by atoms with E-state index in [-0.39, 0.29) is 24.5 Å². The first kappa shape index (κ1) is 14.9. The molecule has 5 nitrogen and oxygen atoms in total. The molecule has 0 aromatic heterocycles. The van der Waals surface area contributed by atoms with Crippen molar-refractivity contribution in [3.63, 3.8) is 0 Å². The van der Waals surface area contributed by atoms with Crippen LogP contribution in [0.1, 0.15) is 27.7 Å². The summed E-state index contributed by atoms with van der Waals surface area (Å²) in [6.45, 7) is 7.74. The molecule has 1 unspecified atom stereocenters. The van der Waals surface area contributed by atoms with Crippen LogP contribution in [0, 0.1) is 0 Å². The molecule has 0 N–H and O–H groups in total. The fraction of sp³-hybridized carbons (Fsp3) is 0.818. The average Bonchev–Trinajstić information content (AvgIpc) is 2.24. The Kier molecular flexibility index (Phi) is 6.72. The highest BCUT2D eigenvalue weighted by Crippen LogP contribution is 2.07. The zero-order valence-corrected chi connectivity index (χ0v) is 10.6. The Morgan fingerprint density at radius 2 is 1.81 bits per heavy atom. The number of hydrogen-bond acceptors (Lipinski definition) is 5. The van der Waals surface area contributed by atoms with Crippen LogP contribution in [0.4, 0.5) is 0 Å². The molecule has 0 fully saturated rings. The highest BCUT2D eigenvalue weighted by molar-refractivity contribution is 5.77. The van der Waals surface area contributed by atoms with Crippen molar-refractivity contribution in [1.82, 2.24) is 4.90 Å². The Morgan fingerprint density at radius 1 is 1.25 bits per heavy atom. The van der Waals surface area contributed by atoms with Crippen LogP contribution in [0.15, 0.2) is 0 Å². The maximum absolute atomic E-state index is 11.5. The maximum Gasteiger partial charge on any atom is 0.323 e. The molecular formula is C11H21NO4. The highest BCUT2D eigenvalue weighted by Gasteiger charge is 2.26. The van der Waals surface area contributed by atoms with Crippen LogP contribution in [-0.2, 0) is 19.1 Å². The number of rotatable bonds is 6. The number of carbonyl (C=O) groups is 2. The third-order valence-electron chi connectivity index (χ3n) is 2.33. The van der Waals surface area contributed by atoms with Crippen LogP contribution in [0.25, 0.3) is 0 Å². The molecule has 0 saturated heterocycles. The van der Waals surface area contributed by atoms with Crippen LogP contribution in [0.3, 0.4) is 0 Å². The molecule has 0 saturated carbocycles. The molecule has 0 aromatic carbocycles. The van der Waals surface area contributed by atoms with Crippen molar-refractivity contribution in [2.75, 3.05) is 20.3 Å². The molecule has 16 heavy (non-hydrogen) atoms. The minimum absolute atomic E-state index is 0.0681. The summed E-state index contributed by atoms with van der Waals surface area (Å²) in [5, 5.41) is 0. The summed E-state index contributed by atoms with van der Waals surface area (Å²) in [4.78, 5) is 24.5. The topological polar surface area (TPSA) is 55.8 Å². The Hall–Kier alpha value is -1.10. The summed E-state index contributed by atoms with van der Waals surface area (Å²) >= 11 is 0. The van der Waals surface area contributed by atoms with Gasteiger partial charge in [0.2, 0.25) is 0 Å². The Morgan fingerprint density at radius 3 is 2.19 bits per heavy atom. The van der Waals surface area contributed by atoms with Crippen LogP contribution in [0.2, 0.25) is 0 Å². The maximum atomic E-state index is 11.5. The number of nitrogens with zero attached hydrogens (tertiary/aromatic N) is 1. The first-order chi connectivity index (χ1) is 7.43. The lowest BCUT2D eigenvalue weighted by atomic mass is 10.2. The Labute approximate surface area is 96.7 Å². The van der Waals surface area contributed by atoms with Gasteiger partial charge in [-0.25, -0.2) is 0 Å². The zero-order valence-electron chi connectivity index (χ0n) is 10.6. The summed E-state index contributed by atoms with van der Waals surface area (Å²) in [6, 6.07) is -0.377. The molecule has 0 aliphatic heterocycles. The molecule has 0 amide bonds. The van der Waals surface area contributed by atoms with Crippen molar-refractivity contribution in [2.24, 2.45) is 0 Å². The summed E-state index contributed by atoms with van der Waals surface area (Å²) in [5.41, 5.74) is 0. The average molecular weight is 231 g/mol. The summed E-state index contributed by atoms with van der Waals surface area (Å²) in [5.74, 6) is -0.676. The normalized spacial score (nSPS) is 12.7. The predicted octanol–water partition coefficient (Wildman–Crippen LogP) is 0.821. The van der Waals surface area contributed by atoms with Gasteiger partial charge >= 0.3 is 11.9 Å². The molecule has 0 aliphatic carbocycles. The van der Waals surface area contributed by atoms with Crippen molar-refractivity contribution in [3.8, 4) is 0 Å². The second-order valence-corrected chi connectivity index (χ2v) is 3.77. The first-order valence-electron chi connectivity index (χ1n) is 5.43. The van der Waals surface area contributed by atoms with E-state index < -0.39 is 6.04 Å². The minimum atomic E-state index is -0.445. The second-order valence-electron chi connectivity index (χ2n) is 3.77. The SMILES string of the molecule is CCOC(=O)C(C)N(CC(=O)OC)C(C)C. The Bertz CT molecular complexity index is 240. The second kappa shape index (κ2) is 7.22. The molecule has 94 valence electrons. The minimum Gasteiger partial charge on any atom is -0.468 e. The molecular weight excluding hydrogens is 210 g/mol. The van der Waals surface area contributed by atoms with Crippen LogP contribution < -0.4 is 0 Å². The van der Waals surface area contributed by atoms with Crippen LogP contribution in [-0.4, -0.2) is 49.2 Å². The molecule has 5 heteroatoms. The van der Waals surface area contributed by atoms with Crippen molar-refractivity contribution in [3.05, 3.63) is 0 Å². The number of ether oxygens (including phenoxy) is 2. The van der Waals surface area contributed by atoms with Crippen LogP contribution in [0.5, 0.6) is 0 Å². The van der Waals surface area contributed by atoms with Crippen molar-refractivity contribution >= 4 is 11.9 Å². The fourth-order valence-corrected chi connectivity index (χ4v) is 1.38. The third kappa shape index (κ3) is 4.61. The largest absolute Gasteiger partial charge is 0.468 e. The lowest BCUT2D eigenvalue weighted by Crippen LogP contribution is -2.47. The molecule has 0 aromatic rings. The summed E-state index contributed by atoms with van der Waals surface area (Å²) in [7, 11) is 1.33. The van der Waals surface area contributed by atoms with Gasteiger partial charge in [-0.1, -0.05) is 0 Å². The fourth-order valence-electron chi connectivity index (χ4n) is 1.38. The quantitative estimate of drug-likeness (QED) is 0.633. The lowest BCUT2D eigenvalue weighted by molar-refractivity contribution is -0.152. The van der Waals surface area contributed by atoms with Crippen molar-refractivity contribution < 1.29 is 19.1 Å². The highest BCUT2D eigenvalue weighted by atomic mass is 16.5. The van der Waals surface area contributed by atoms with Crippen molar-refractivity contribution in [2.45, 2.75) is 39.8 Å². The van der Waals surface area contributed by atoms with E-state index >= 15 is 0 Å². The molecule has 0 bridgehead atoms. The van der Waals surface area contributed by atoms with Gasteiger partial charge in [0.15, 0.2) is 0 Å². The van der Waals surface area contributed by atoms with E-state index in [0.29, 0.717) is 6.61 Å². The molecule has 0 aliphatic rings. The summed E-state index contributed by atoms with van der Waals surface area (Å²) < 4.78 is 9.51. The smallest absolute Gasteiger partial charge is 0.323 e. The van der Waals surface area contributed by atoms with Gasteiger partial charge in [-0.05, 0) is 27.7 Å². The third-order valence-corrected chi connectivity index (χ3v) is 2.33. The van der Waals surface area contributed by atoms with E-state index in [2.05, 4.69) is 4.74 Å². The lowest BCUT2D eigenvalue weighted by Gasteiger charge is -2.29. The van der Waals surface area contributed by atoms with Crippen LogP contribution >= 0.6 is 0 Å². The molecule has 0 radical (unpaired) electrons. The van der Waals surface area contributed by atoms with E-state index in [1.807, 2.05) is 13.8 Å². The molecule has 0 spiro atoms. The van der Waals surface area contributed by atoms with Gasteiger partial charge in [-0.15, -0.1) is 0 Å². The van der Waals surface area contributed by atoms with E-state index in [1.165, 1.54) is 7.11 Å². The summed E-state index contributed by atoms with van der Waals surface area (Å²) in [6.07, 6.45) is 0. The van der Waals surface area contributed by atoms with Gasteiger partial charge in [0.1, 0.15) is 6.04 Å². The van der Waals surface area contributed by atoms with Gasteiger partial charge in [-0.3, -0.25) is 14.5 Å². The number of esters is 2. The first-order valence-corrected chi connectivity index (χ1v) is 5.43. The van der Waals surface area contributed by atoms with E-state index in [0.717, 1.165) is 0 Å². The zero-order chi connectivity index (χ0) is 12.7. The molecule has 1 atom stereocenters. The van der Waals surface area contributed by atoms with Gasteiger partial charge in [0.25, 0.3) is 0 Å². The molecule has 0 heterocycles. The van der Waals surface area contributed by atoms with Gasteiger partial charge in [0, 0.05) is 6.04 Å². The van der Waals surface area contributed by atoms with Gasteiger partial charge in [0.05, 0.1) is 20.3 Å². The number of hydrogen-bond donors (Lipinski definition) is 0.